The van der Waals surface area contributed by atoms with Gasteiger partial charge in [-0.1, -0.05) is 0 Å². The van der Waals surface area contributed by atoms with Crippen LogP contribution >= 0.6 is 0 Å². The van der Waals surface area contributed by atoms with Crippen molar-refractivity contribution in [2.24, 2.45) is 15.0 Å². The zero-order chi connectivity index (χ0) is 9.45. The van der Waals surface area contributed by atoms with Gasteiger partial charge >= 0.3 is 5.97 Å². The Kier molecular flexibility index (Phi) is 4.33. The summed E-state index contributed by atoms with van der Waals surface area (Å²) in [7, 11) is 2.41. The zero-order valence-corrected chi connectivity index (χ0v) is 6.47. The molecule has 0 aliphatic rings. The van der Waals surface area contributed by atoms with E-state index in [0.717, 1.165) is 18.2 Å². The average molecular weight is 182 g/mol. The second-order valence-electron chi connectivity index (χ2n) is 1.29. The highest BCUT2D eigenvalue weighted by Gasteiger charge is 2.27. The predicted octanol–water partition coefficient (Wildman–Crippen LogP) is -1.29. The summed E-state index contributed by atoms with van der Waals surface area (Å²) in [4.78, 5) is 37.7. The number of isocyanates is 3. The van der Waals surface area contributed by atoms with Crippen LogP contribution in [0.4, 0.5) is 0 Å². The topological polar surface area (TPSA) is 97.5 Å². The van der Waals surface area contributed by atoms with Crippen molar-refractivity contribution >= 4 is 28.7 Å². The second kappa shape index (κ2) is 5.03. The van der Waals surface area contributed by atoms with Crippen LogP contribution in [0.2, 0.25) is 0 Å². The highest BCUT2D eigenvalue weighted by Crippen LogP contribution is 2.12. The van der Waals surface area contributed by atoms with Crippen LogP contribution in [0.5, 0.6) is 0 Å². The smallest absolute Gasteiger partial charge is 0.358 e. The first-order valence-electron chi connectivity index (χ1n) is 2.36. The molecule has 0 rings (SSSR count). The van der Waals surface area contributed by atoms with Crippen molar-refractivity contribution < 1.29 is 18.8 Å². The van der Waals surface area contributed by atoms with E-state index < -0.39 is 5.97 Å². The molecule has 0 aromatic rings. The maximum atomic E-state index is 9.76. The Hall–Kier alpha value is -1.68. The average Bonchev–Trinajstić information content (AvgIpc) is 2.06. The molecule has 0 spiro atoms. The highest BCUT2D eigenvalue weighted by atomic mass is 28.2. The van der Waals surface area contributed by atoms with E-state index in [0.29, 0.717) is 0 Å². The van der Waals surface area contributed by atoms with Crippen molar-refractivity contribution in [2.75, 3.05) is 0 Å². The Morgan fingerprint density at radius 3 is 1.50 bits per heavy atom. The molecule has 12 heavy (non-hydrogen) atoms. The van der Waals surface area contributed by atoms with E-state index in [9.17, 15) is 14.4 Å². The van der Waals surface area contributed by atoms with Crippen LogP contribution in [0.1, 0.15) is 0 Å². The van der Waals surface area contributed by atoms with E-state index in [1.165, 1.54) is 0 Å². The lowest BCUT2D eigenvalue weighted by atomic mass is 10.8. The van der Waals surface area contributed by atoms with Crippen molar-refractivity contribution in [1.82, 2.24) is 0 Å². The fraction of sp³-hybridized carbons (Fsp3) is 0.250. The Morgan fingerprint density at radius 1 is 1.00 bits per heavy atom. The summed E-state index contributed by atoms with van der Waals surface area (Å²) in [6.45, 7) is 0. The molecule has 0 N–H and O–H groups in total. The molecule has 0 unspecified atom stereocenters. The summed E-state index contributed by atoms with van der Waals surface area (Å²) in [6.07, 6.45) is 3.01. The third-order valence-corrected chi connectivity index (χ3v) is 0.985. The quantitative estimate of drug-likeness (QED) is 0.306. The second-order valence-corrected chi connectivity index (χ2v) is 1.49. The molecular formula is C4N3O4Si. The molecular weight excluding hydrogens is 182 g/mol. The number of rotatable bonds is 4. The van der Waals surface area contributed by atoms with Gasteiger partial charge in [0.15, 0.2) is 0 Å². The maximum absolute atomic E-state index is 9.76. The summed E-state index contributed by atoms with van der Waals surface area (Å²) < 4.78 is 4.18. The van der Waals surface area contributed by atoms with Crippen molar-refractivity contribution in [1.29, 1.82) is 0 Å². The van der Waals surface area contributed by atoms with Gasteiger partial charge < -0.3 is 4.43 Å². The van der Waals surface area contributed by atoms with Crippen molar-refractivity contribution in [2.45, 2.75) is 5.97 Å². The molecule has 0 aromatic heterocycles. The summed E-state index contributed by atoms with van der Waals surface area (Å²) >= 11 is 0. The minimum atomic E-state index is -2.29. The van der Waals surface area contributed by atoms with Crippen molar-refractivity contribution in [3.05, 3.63) is 0 Å². The lowest BCUT2D eigenvalue weighted by Crippen LogP contribution is -2.23. The first-order chi connectivity index (χ1) is 5.74. The fourth-order valence-corrected chi connectivity index (χ4v) is 0.459. The lowest BCUT2D eigenvalue weighted by Gasteiger charge is -2.10. The maximum Gasteiger partial charge on any atom is 0.384 e. The number of hydrogen-bond acceptors (Lipinski definition) is 7. The first-order valence-corrected chi connectivity index (χ1v) is 2.77. The van der Waals surface area contributed by atoms with Crippen LogP contribution in [0.3, 0.4) is 0 Å². The SMILES string of the molecule is O=C=NC(N=C=O)(N=C=O)O[Si]. The van der Waals surface area contributed by atoms with Gasteiger partial charge in [0, 0.05) is 0 Å². The standard InChI is InChI=1S/C4N3O4Si/c8-1-5-4(11-12,6-2-9)7-3-10. The van der Waals surface area contributed by atoms with E-state index in [2.05, 4.69) is 29.9 Å². The molecule has 8 heteroatoms. The molecule has 0 aliphatic carbocycles. The van der Waals surface area contributed by atoms with Gasteiger partial charge in [-0.05, 0) is 0 Å². The van der Waals surface area contributed by atoms with Gasteiger partial charge in [-0.2, -0.15) is 0 Å². The van der Waals surface area contributed by atoms with E-state index in [4.69, 9.17) is 0 Å². The van der Waals surface area contributed by atoms with Crippen LogP contribution in [0.25, 0.3) is 0 Å². The van der Waals surface area contributed by atoms with Crippen molar-refractivity contribution in [3.63, 3.8) is 0 Å². The zero-order valence-electron chi connectivity index (χ0n) is 5.47. The molecule has 0 bridgehead atoms. The van der Waals surface area contributed by atoms with Crippen LogP contribution in [-0.2, 0) is 18.8 Å². The van der Waals surface area contributed by atoms with E-state index >= 15 is 0 Å². The molecule has 0 aromatic carbocycles. The summed E-state index contributed by atoms with van der Waals surface area (Å²) in [5.41, 5.74) is 0. The van der Waals surface area contributed by atoms with E-state index in [1.54, 1.807) is 0 Å². The van der Waals surface area contributed by atoms with Gasteiger partial charge in [0.25, 0.3) is 10.5 Å². The molecule has 59 valence electrons. The van der Waals surface area contributed by atoms with Crippen LogP contribution in [0.15, 0.2) is 15.0 Å². The van der Waals surface area contributed by atoms with E-state index in [-0.39, 0.29) is 0 Å². The summed E-state index contributed by atoms with van der Waals surface area (Å²) in [5, 5.41) is 0. The summed E-state index contributed by atoms with van der Waals surface area (Å²) in [6, 6.07) is 0. The molecule has 0 heterocycles. The Labute approximate surface area is 69.4 Å². The van der Waals surface area contributed by atoms with Gasteiger partial charge in [-0.3, -0.25) is 0 Å². The van der Waals surface area contributed by atoms with Gasteiger partial charge in [0.2, 0.25) is 18.2 Å². The molecule has 0 saturated carbocycles. The van der Waals surface area contributed by atoms with Gasteiger partial charge in [-0.25, -0.2) is 14.4 Å². The van der Waals surface area contributed by atoms with Crippen LogP contribution in [0, 0.1) is 0 Å². The van der Waals surface area contributed by atoms with Gasteiger partial charge in [0.05, 0.1) is 0 Å². The van der Waals surface area contributed by atoms with Gasteiger partial charge in [-0.15, -0.1) is 15.0 Å². The third kappa shape index (κ3) is 2.51. The predicted molar refractivity (Wildman–Crippen MR) is 33.9 cm³/mol. The molecule has 0 saturated heterocycles. The normalized spacial score (nSPS) is 12.8. The van der Waals surface area contributed by atoms with Crippen molar-refractivity contribution in [3.8, 4) is 0 Å². The lowest BCUT2D eigenvalue weighted by molar-refractivity contribution is 0.112. The number of carbonyl (C=O) groups excluding carboxylic acids is 3. The Balaban J connectivity index is 5.13. The van der Waals surface area contributed by atoms with Crippen LogP contribution in [-0.4, -0.2) is 34.7 Å². The minimum absolute atomic E-state index is 1.00. The molecule has 0 atom stereocenters. The van der Waals surface area contributed by atoms with Gasteiger partial charge in [0.1, 0.15) is 0 Å². The number of hydrogen-bond donors (Lipinski definition) is 0. The summed E-state index contributed by atoms with van der Waals surface area (Å²) in [5.74, 6) is -2.29. The Morgan fingerprint density at radius 2 is 1.33 bits per heavy atom. The number of aliphatic imine (C=N–C) groups is 3. The molecule has 3 radical (unpaired) electrons. The molecule has 0 aliphatic heterocycles. The molecule has 0 fully saturated rings. The van der Waals surface area contributed by atoms with Crippen LogP contribution < -0.4 is 0 Å². The molecule has 0 amide bonds. The number of nitrogens with zero attached hydrogens (tertiary/aromatic N) is 3. The largest absolute Gasteiger partial charge is 0.384 e. The van der Waals surface area contributed by atoms with E-state index in [1.807, 2.05) is 0 Å². The molecule has 7 nitrogen and oxygen atoms in total. The first kappa shape index (κ1) is 10.3. The monoisotopic (exact) mass is 182 g/mol. The fourth-order valence-electron chi connectivity index (χ4n) is 0.322. The minimum Gasteiger partial charge on any atom is -0.358 e. The Bertz CT molecular complexity index is 252. The third-order valence-electron chi connectivity index (χ3n) is 0.711. The highest BCUT2D eigenvalue weighted by molar-refractivity contribution is 5.98.